The summed E-state index contributed by atoms with van der Waals surface area (Å²) >= 11 is 0. The van der Waals surface area contributed by atoms with Crippen molar-refractivity contribution in [3.63, 3.8) is 0 Å². The summed E-state index contributed by atoms with van der Waals surface area (Å²) in [5, 5.41) is 14.7. The Bertz CT molecular complexity index is 1760. The molecule has 2 aromatic heterocycles. The maximum absolute atomic E-state index is 12.8. The van der Waals surface area contributed by atoms with Crippen molar-refractivity contribution in [2.24, 2.45) is 5.92 Å². The first-order valence-electron chi connectivity index (χ1n) is 18.1. The zero-order valence-corrected chi connectivity index (χ0v) is 29.6. The zero-order chi connectivity index (χ0) is 35.0. The number of nitrogens with one attached hydrogen (secondary N) is 1. The summed E-state index contributed by atoms with van der Waals surface area (Å²) in [6.45, 7) is 8.87. The molecule has 10 nitrogen and oxygen atoms in total. The number of ketones is 1. The lowest BCUT2D eigenvalue weighted by Gasteiger charge is -2.34. The van der Waals surface area contributed by atoms with Crippen molar-refractivity contribution in [2.45, 2.75) is 71.1 Å². The molecule has 6 rings (SSSR count). The van der Waals surface area contributed by atoms with E-state index in [-0.39, 0.29) is 17.8 Å². The minimum Gasteiger partial charge on any atom is -0.497 e. The Balaban J connectivity index is 1.09. The summed E-state index contributed by atoms with van der Waals surface area (Å²) < 4.78 is 7.46. The largest absolute Gasteiger partial charge is 0.497 e. The van der Waals surface area contributed by atoms with Crippen molar-refractivity contribution in [2.75, 3.05) is 45.2 Å². The maximum atomic E-state index is 12.8. The quantitative estimate of drug-likeness (QED) is 0.122. The summed E-state index contributed by atoms with van der Waals surface area (Å²) in [6.07, 6.45) is 12.4. The van der Waals surface area contributed by atoms with Gasteiger partial charge < -0.3 is 24.6 Å². The molecule has 0 unspecified atom stereocenters. The van der Waals surface area contributed by atoms with Gasteiger partial charge in [0.25, 0.3) is 0 Å². The molecule has 3 heterocycles. The molecule has 0 bridgehead atoms. The molecule has 10 heteroatoms. The summed E-state index contributed by atoms with van der Waals surface area (Å²) in [5.41, 5.74) is 4.92. The number of rotatable bonds is 13. The van der Waals surface area contributed by atoms with E-state index >= 15 is 0 Å². The second-order valence-corrected chi connectivity index (χ2v) is 13.6. The van der Waals surface area contributed by atoms with Crippen LogP contribution >= 0.6 is 0 Å². The van der Waals surface area contributed by atoms with Gasteiger partial charge in [0.15, 0.2) is 5.78 Å². The highest BCUT2D eigenvalue weighted by molar-refractivity contribution is 6.07. The first kappa shape index (κ1) is 35.3. The smallest absolute Gasteiger partial charge is 0.246 e. The number of benzene rings is 2. The maximum Gasteiger partial charge on any atom is 0.246 e. The number of aliphatic hydroxyl groups excluding tert-OH is 1. The standard InChI is InChI=1S/C40H50N6O4/c1-4-28(5-2)24-41-40-42-25-35-36(27-46(39(35)43-40)32-12-14-33(47)15-13-32)30-8-6-29(7-9-30)26-44-20-22-45(23-21-44)38(49)19-18-37(48)31-10-16-34(50-3)17-11-31/h6-11,16-19,25,27-28,32-33,47H,4-5,12-15,20-24,26H2,1-3H3,(H,41,42,43)/b19-18+. The molecular formula is C40H50N6O4. The van der Waals surface area contributed by atoms with Crippen LogP contribution in [-0.4, -0.2) is 87.1 Å². The van der Waals surface area contributed by atoms with Crippen molar-refractivity contribution in [1.82, 2.24) is 24.3 Å². The van der Waals surface area contributed by atoms with Gasteiger partial charge in [0.1, 0.15) is 11.4 Å². The molecule has 1 aliphatic heterocycles. The van der Waals surface area contributed by atoms with Crippen molar-refractivity contribution in [1.29, 1.82) is 0 Å². The van der Waals surface area contributed by atoms with Crippen LogP contribution in [-0.2, 0) is 11.3 Å². The van der Waals surface area contributed by atoms with Crippen LogP contribution < -0.4 is 10.1 Å². The Labute approximate surface area is 295 Å². The predicted molar refractivity (Wildman–Crippen MR) is 197 cm³/mol. The lowest BCUT2D eigenvalue weighted by molar-refractivity contribution is -0.127. The minimum absolute atomic E-state index is 0.141. The highest BCUT2D eigenvalue weighted by Gasteiger charge is 2.25. The van der Waals surface area contributed by atoms with Gasteiger partial charge in [-0.25, -0.2) is 4.98 Å². The van der Waals surface area contributed by atoms with Gasteiger partial charge in [0, 0.05) is 80.3 Å². The van der Waals surface area contributed by atoms with Crippen LogP contribution in [0, 0.1) is 5.92 Å². The van der Waals surface area contributed by atoms with Crippen LogP contribution in [0.25, 0.3) is 22.2 Å². The van der Waals surface area contributed by atoms with E-state index in [1.165, 1.54) is 17.7 Å². The average molecular weight is 679 g/mol. The fraction of sp³-hybridized carbons (Fsp3) is 0.450. The Morgan fingerprint density at radius 3 is 2.32 bits per heavy atom. The summed E-state index contributed by atoms with van der Waals surface area (Å²) in [5.74, 6) is 1.59. The average Bonchev–Trinajstić information content (AvgIpc) is 3.54. The third-order valence-electron chi connectivity index (χ3n) is 10.4. The number of anilines is 1. The zero-order valence-electron chi connectivity index (χ0n) is 29.6. The third kappa shape index (κ3) is 8.42. The number of carbonyl (C=O) groups excluding carboxylic acids is 2. The lowest BCUT2D eigenvalue weighted by atomic mass is 9.93. The highest BCUT2D eigenvalue weighted by atomic mass is 16.5. The van der Waals surface area contributed by atoms with E-state index in [9.17, 15) is 14.7 Å². The molecule has 2 aliphatic rings. The first-order chi connectivity index (χ1) is 24.3. The number of allylic oxidation sites excluding steroid dienone is 1. The van der Waals surface area contributed by atoms with Gasteiger partial charge in [-0.1, -0.05) is 51.0 Å². The summed E-state index contributed by atoms with van der Waals surface area (Å²) in [6, 6.07) is 15.9. The molecule has 2 aromatic carbocycles. The number of piperazine rings is 1. The molecule has 4 aromatic rings. The fourth-order valence-corrected chi connectivity index (χ4v) is 7.05. The molecular weight excluding hydrogens is 628 g/mol. The van der Waals surface area contributed by atoms with E-state index in [1.807, 2.05) is 6.20 Å². The first-order valence-corrected chi connectivity index (χ1v) is 18.1. The van der Waals surface area contributed by atoms with Crippen molar-refractivity contribution < 1.29 is 19.4 Å². The molecule has 50 heavy (non-hydrogen) atoms. The van der Waals surface area contributed by atoms with Gasteiger partial charge in [-0.15, -0.1) is 0 Å². The molecule has 1 aliphatic carbocycles. The molecule has 1 amide bonds. The monoisotopic (exact) mass is 678 g/mol. The van der Waals surface area contributed by atoms with Gasteiger partial charge in [-0.2, -0.15) is 4.98 Å². The molecule has 2 fully saturated rings. The molecule has 1 saturated carbocycles. The molecule has 1 saturated heterocycles. The van der Waals surface area contributed by atoms with Gasteiger partial charge in [0.05, 0.1) is 13.2 Å². The van der Waals surface area contributed by atoms with Crippen molar-refractivity contribution in [3.8, 4) is 16.9 Å². The number of nitrogens with zero attached hydrogens (tertiary/aromatic N) is 5. The summed E-state index contributed by atoms with van der Waals surface area (Å²) in [7, 11) is 1.58. The van der Waals surface area contributed by atoms with Crippen molar-refractivity contribution in [3.05, 3.63) is 84.2 Å². The number of fused-ring (bicyclic) bond motifs is 1. The topological polar surface area (TPSA) is 113 Å². The Morgan fingerprint density at radius 2 is 1.66 bits per heavy atom. The molecule has 0 atom stereocenters. The normalized spacial score (nSPS) is 18.6. The van der Waals surface area contributed by atoms with Crippen LogP contribution in [0.5, 0.6) is 5.75 Å². The van der Waals surface area contributed by atoms with E-state index < -0.39 is 0 Å². The second kappa shape index (κ2) is 16.4. The SMILES string of the molecule is CCC(CC)CNc1ncc2c(-c3ccc(CN4CCN(C(=O)/C=C/C(=O)c5ccc(OC)cc5)CC4)cc3)cn(C3CCC(O)CC3)c2n1. The van der Waals surface area contributed by atoms with E-state index in [1.54, 1.807) is 36.3 Å². The molecule has 2 N–H and O–H groups in total. The number of aliphatic hydroxyl groups is 1. The lowest BCUT2D eigenvalue weighted by Crippen LogP contribution is -2.47. The third-order valence-corrected chi connectivity index (χ3v) is 10.4. The Morgan fingerprint density at radius 1 is 0.960 bits per heavy atom. The van der Waals surface area contributed by atoms with Crippen LogP contribution in [0.1, 0.15) is 74.3 Å². The minimum atomic E-state index is -0.214. The van der Waals surface area contributed by atoms with E-state index in [2.05, 4.69) is 59.1 Å². The van der Waals surface area contributed by atoms with Crippen molar-refractivity contribution >= 4 is 28.7 Å². The number of amides is 1. The molecule has 0 radical (unpaired) electrons. The van der Waals surface area contributed by atoms with Crippen LogP contribution in [0.2, 0.25) is 0 Å². The van der Waals surface area contributed by atoms with E-state index in [0.717, 1.165) is 86.9 Å². The summed E-state index contributed by atoms with van der Waals surface area (Å²) in [4.78, 5) is 39.2. The van der Waals surface area contributed by atoms with Gasteiger partial charge in [-0.3, -0.25) is 14.5 Å². The number of methoxy groups -OCH3 is 1. The van der Waals surface area contributed by atoms with E-state index in [0.29, 0.717) is 42.3 Å². The number of hydrogen-bond donors (Lipinski definition) is 2. The number of ether oxygens (including phenoxy) is 1. The van der Waals surface area contributed by atoms with Crippen LogP contribution in [0.15, 0.2) is 73.1 Å². The Hall–Kier alpha value is -4.54. The van der Waals surface area contributed by atoms with Gasteiger partial charge in [0.2, 0.25) is 11.9 Å². The molecule has 0 spiro atoms. The van der Waals surface area contributed by atoms with E-state index in [4.69, 9.17) is 14.7 Å². The van der Waals surface area contributed by atoms with Gasteiger partial charge >= 0.3 is 0 Å². The van der Waals surface area contributed by atoms with Crippen LogP contribution in [0.4, 0.5) is 5.95 Å². The second-order valence-electron chi connectivity index (χ2n) is 13.6. The predicted octanol–water partition coefficient (Wildman–Crippen LogP) is 6.51. The highest BCUT2D eigenvalue weighted by Crippen LogP contribution is 2.37. The fourth-order valence-electron chi connectivity index (χ4n) is 7.05. The molecule has 264 valence electrons. The van der Waals surface area contributed by atoms with Gasteiger partial charge in [-0.05, 0) is 73.1 Å². The Kier molecular flexibility index (Phi) is 11.6. The number of aromatic nitrogens is 3. The van der Waals surface area contributed by atoms with Crippen LogP contribution in [0.3, 0.4) is 0 Å². The number of carbonyl (C=O) groups is 2. The number of hydrogen-bond acceptors (Lipinski definition) is 8.